The van der Waals surface area contributed by atoms with Crippen LogP contribution in [0.5, 0.6) is 0 Å². The Hall–Kier alpha value is -1.62. The Morgan fingerprint density at radius 2 is 2.17 bits per heavy atom. The van der Waals surface area contributed by atoms with Crippen LogP contribution in [-0.2, 0) is 11.3 Å². The predicted octanol–water partition coefficient (Wildman–Crippen LogP) is 1.79. The zero-order valence-electron chi connectivity index (χ0n) is 14.6. The van der Waals surface area contributed by atoms with Crippen LogP contribution in [0.3, 0.4) is 0 Å². The molecule has 0 saturated carbocycles. The minimum Gasteiger partial charge on any atom is -0.356 e. The Kier molecular flexibility index (Phi) is 5.99. The third-order valence-electron chi connectivity index (χ3n) is 4.88. The van der Waals surface area contributed by atoms with Crippen molar-refractivity contribution in [2.45, 2.75) is 46.6 Å². The second kappa shape index (κ2) is 7.77. The molecule has 1 aromatic heterocycles. The van der Waals surface area contributed by atoms with E-state index in [1.165, 1.54) is 0 Å². The van der Waals surface area contributed by atoms with Crippen LogP contribution >= 0.6 is 0 Å². The highest BCUT2D eigenvalue weighted by Crippen LogP contribution is 2.29. The molecule has 0 bridgehead atoms. The van der Waals surface area contributed by atoms with Crippen LogP contribution in [0, 0.1) is 12.3 Å². The fourth-order valence-corrected chi connectivity index (χ4v) is 3.36. The van der Waals surface area contributed by atoms with Gasteiger partial charge in [0.1, 0.15) is 0 Å². The first-order valence-corrected chi connectivity index (χ1v) is 8.63. The van der Waals surface area contributed by atoms with Crippen molar-refractivity contribution in [3.63, 3.8) is 0 Å². The van der Waals surface area contributed by atoms with E-state index in [0.717, 1.165) is 44.6 Å². The molecule has 2 heterocycles. The SMILES string of the molecule is CCN1CCC[C@](C)(C(=O)NCCCn2c(C)cccc2=O)C1. The zero-order valence-corrected chi connectivity index (χ0v) is 14.6. The first-order valence-electron chi connectivity index (χ1n) is 8.63. The summed E-state index contributed by atoms with van der Waals surface area (Å²) in [6.07, 6.45) is 2.80. The smallest absolute Gasteiger partial charge is 0.250 e. The molecule has 0 spiro atoms. The van der Waals surface area contributed by atoms with Gasteiger partial charge in [0.15, 0.2) is 0 Å². The van der Waals surface area contributed by atoms with Gasteiger partial charge >= 0.3 is 0 Å². The zero-order chi connectivity index (χ0) is 16.9. The molecule has 0 radical (unpaired) electrons. The van der Waals surface area contributed by atoms with Gasteiger partial charge in [0.05, 0.1) is 5.41 Å². The molecular formula is C18H29N3O2. The van der Waals surface area contributed by atoms with Crippen molar-refractivity contribution in [2.75, 3.05) is 26.2 Å². The van der Waals surface area contributed by atoms with Crippen molar-refractivity contribution in [3.05, 3.63) is 34.2 Å². The van der Waals surface area contributed by atoms with Crippen LogP contribution in [-0.4, -0.2) is 41.6 Å². The number of hydrogen-bond acceptors (Lipinski definition) is 3. The van der Waals surface area contributed by atoms with E-state index in [4.69, 9.17) is 0 Å². The number of rotatable bonds is 6. The van der Waals surface area contributed by atoms with E-state index >= 15 is 0 Å². The molecule has 5 heteroatoms. The van der Waals surface area contributed by atoms with Gasteiger partial charge in [0.25, 0.3) is 5.56 Å². The number of carbonyl (C=O) groups excluding carboxylic acids is 1. The molecule has 1 amide bonds. The lowest BCUT2D eigenvalue weighted by atomic mass is 9.81. The van der Waals surface area contributed by atoms with Gasteiger partial charge in [-0.25, -0.2) is 0 Å². The van der Waals surface area contributed by atoms with Crippen LogP contribution < -0.4 is 10.9 Å². The number of aryl methyl sites for hydroxylation is 1. The van der Waals surface area contributed by atoms with Gasteiger partial charge in [-0.1, -0.05) is 13.0 Å². The molecule has 1 N–H and O–H groups in total. The van der Waals surface area contributed by atoms with E-state index in [0.29, 0.717) is 13.1 Å². The van der Waals surface area contributed by atoms with Crippen molar-refractivity contribution >= 4 is 5.91 Å². The normalized spacial score (nSPS) is 22.0. The largest absolute Gasteiger partial charge is 0.356 e. The maximum Gasteiger partial charge on any atom is 0.250 e. The highest BCUT2D eigenvalue weighted by molar-refractivity contribution is 5.82. The average molecular weight is 319 g/mol. The minimum atomic E-state index is -0.284. The molecule has 1 aromatic rings. The number of nitrogens with one attached hydrogen (secondary N) is 1. The van der Waals surface area contributed by atoms with Crippen molar-refractivity contribution in [1.29, 1.82) is 0 Å². The molecule has 23 heavy (non-hydrogen) atoms. The summed E-state index contributed by atoms with van der Waals surface area (Å²) >= 11 is 0. The van der Waals surface area contributed by atoms with Crippen molar-refractivity contribution < 1.29 is 4.79 Å². The van der Waals surface area contributed by atoms with E-state index in [-0.39, 0.29) is 16.9 Å². The summed E-state index contributed by atoms with van der Waals surface area (Å²) in [5.41, 5.74) is 0.698. The molecule has 2 rings (SSSR count). The molecular weight excluding hydrogens is 290 g/mol. The summed E-state index contributed by atoms with van der Waals surface area (Å²) in [5.74, 6) is 0.146. The van der Waals surface area contributed by atoms with Crippen LogP contribution in [0.15, 0.2) is 23.0 Å². The van der Waals surface area contributed by atoms with E-state index in [2.05, 4.69) is 24.1 Å². The number of pyridine rings is 1. The average Bonchev–Trinajstić information content (AvgIpc) is 2.53. The van der Waals surface area contributed by atoms with E-state index in [9.17, 15) is 9.59 Å². The summed E-state index contributed by atoms with van der Waals surface area (Å²) < 4.78 is 1.76. The summed E-state index contributed by atoms with van der Waals surface area (Å²) in [7, 11) is 0. The second-order valence-corrected chi connectivity index (χ2v) is 6.80. The summed E-state index contributed by atoms with van der Waals surface area (Å²) in [5, 5.41) is 3.07. The Balaban J connectivity index is 1.82. The molecule has 1 atom stereocenters. The van der Waals surface area contributed by atoms with Gasteiger partial charge in [0.2, 0.25) is 5.91 Å². The van der Waals surface area contributed by atoms with Crippen molar-refractivity contribution in [2.24, 2.45) is 5.41 Å². The predicted molar refractivity (Wildman–Crippen MR) is 92.5 cm³/mol. The summed E-state index contributed by atoms with van der Waals surface area (Å²) in [6.45, 7) is 10.3. The molecule has 1 fully saturated rings. The lowest BCUT2D eigenvalue weighted by Crippen LogP contribution is -2.50. The molecule has 1 aliphatic heterocycles. The molecule has 1 saturated heterocycles. The third kappa shape index (κ3) is 4.44. The number of likely N-dealkylation sites (tertiary alicyclic amines) is 1. The summed E-state index contributed by atoms with van der Waals surface area (Å²) in [4.78, 5) is 26.7. The van der Waals surface area contributed by atoms with Crippen molar-refractivity contribution in [1.82, 2.24) is 14.8 Å². The van der Waals surface area contributed by atoms with Crippen LogP contribution in [0.25, 0.3) is 0 Å². The van der Waals surface area contributed by atoms with Gasteiger partial charge in [-0.3, -0.25) is 9.59 Å². The highest BCUT2D eigenvalue weighted by atomic mass is 16.2. The van der Waals surface area contributed by atoms with Gasteiger partial charge < -0.3 is 14.8 Å². The highest BCUT2D eigenvalue weighted by Gasteiger charge is 2.36. The number of aromatic nitrogens is 1. The first-order chi connectivity index (χ1) is 11.0. The maximum atomic E-state index is 12.5. The standard InChI is InChI=1S/C18H29N3O2/c1-4-20-12-6-10-18(3,14-20)17(23)19-11-7-13-21-15(2)8-5-9-16(21)22/h5,8-9H,4,6-7,10-14H2,1-3H3,(H,19,23)/t18-/m0/s1. The molecule has 5 nitrogen and oxygen atoms in total. The Morgan fingerprint density at radius 1 is 1.39 bits per heavy atom. The maximum absolute atomic E-state index is 12.5. The summed E-state index contributed by atoms with van der Waals surface area (Å²) in [6, 6.07) is 5.29. The number of amides is 1. The Bertz CT molecular complexity index is 596. The molecule has 128 valence electrons. The third-order valence-corrected chi connectivity index (χ3v) is 4.88. The second-order valence-electron chi connectivity index (χ2n) is 6.80. The Morgan fingerprint density at radius 3 is 2.87 bits per heavy atom. The van der Waals surface area contributed by atoms with E-state index in [1.54, 1.807) is 16.7 Å². The van der Waals surface area contributed by atoms with Crippen LogP contribution in [0.4, 0.5) is 0 Å². The van der Waals surface area contributed by atoms with Gasteiger partial charge in [-0.2, -0.15) is 0 Å². The number of hydrogen-bond donors (Lipinski definition) is 1. The van der Waals surface area contributed by atoms with Gasteiger partial charge in [-0.05, 0) is 52.3 Å². The Labute approximate surface area is 138 Å². The van der Waals surface area contributed by atoms with Crippen LogP contribution in [0.2, 0.25) is 0 Å². The number of piperidine rings is 1. The molecule has 0 unspecified atom stereocenters. The lowest BCUT2D eigenvalue weighted by molar-refractivity contribution is -0.133. The minimum absolute atomic E-state index is 0.0224. The van der Waals surface area contributed by atoms with Gasteiger partial charge in [-0.15, -0.1) is 0 Å². The topological polar surface area (TPSA) is 54.3 Å². The molecule has 0 aromatic carbocycles. The fraction of sp³-hybridized carbons (Fsp3) is 0.667. The lowest BCUT2D eigenvalue weighted by Gasteiger charge is -2.38. The molecule has 0 aliphatic carbocycles. The number of nitrogens with zero attached hydrogens (tertiary/aromatic N) is 2. The van der Waals surface area contributed by atoms with E-state index in [1.807, 2.05) is 13.0 Å². The number of carbonyl (C=O) groups is 1. The quantitative estimate of drug-likeness (QED) is 0.813. The first kappa shape index (κ1) is 17.7. The fourth-order valence-electron chi connectivity index (χ4n) is 3.36. The van der Waals surface area contributed by atoms with Gasteiger partial charge in [0, 0.05) is 31.4 Å². The van der Waals surface area contributed by atoms with Crippen LogP contribution in [0.1, 0.15) is 38.8 Å². The van der Waals surface area contributed by atoms with Crippen molar-refractivity contribution in [3.8, 4) is 0 Å². The monoisotopic (exact) mass is 319 g/mol. The van der Waals surface area contributed by atoms with E-state index < -0.39 is 0 Å². The molecule has 1 aliphatic rings.